The zero-order valence-corrected chi connectivity index (χ0v) is 22.6. The third kappa shape index (κ3) is 7.47. The molecule has 1 aliphatic carbocycles. The molecule has 0 amide bonds. The summed E-state index contributed by atoms with van der Waals surface area (Å²) in [5, 5.41) is 8.85. The van der Waals surface area contributed by atoms with Crippen LogP contribution in [0.4, 0.5) is 8.78 Å². The van der Waals surface area contributed by atoms with Crippen molar-refractivity contribution in [3.63, 3.8) is 0 Å². The van der Waals surface area contributed by atoms with Gasteiger partial charge in [0.2, 0.25) is 0 Å². The van der Waals surface area contributed by atoms with Crippen LogP contribution in [-0.4, -0.2) is 9.97 Å². The number of aromatic nitrogens is 2. The number of nitriles is 1. The molecule has 0 saturated heterocycles. The lowest BCUT2D eigenvalue weighted by atomic mass is 9.77. The average molecular weight is 516 g/mol. The fourth-order valence-electron chi connectivity index (χ4n) is 5.73. The SMILES string of the molecule is CCCCCCCCCCC1CCC(c2ccc(-c3cnc(-c4cc(F)c(C#N)c(F)c4)nc3)cc2)CC1. The molecular weight excluding hydrogens is 476 g/mol. The predicted molar refractivity (Wildman–Crippen MR) is 149 cm³/mol. The first kappa shape index (κ1) is 27.9. The molecule has 38 heavy (non-hydrogen) atoms. The number of rotatable bonds is 12. The van der Waals surface area contributed by atoms with Gasteiger partial charge in [0.15, 0.2) is 5.82 Å². The molecule has 200 valence electrons. The van der Waals surface area contributed by atoms with E-state index >= 15 is 0 Å². The highest BCUT2D eigenvalue weighted by Gasteiger charge is 2.22. The van der Waals surface area contributed by atoms with Crippen LogP contribution in [0.15, 0.2) is 48.8 Å². The first-order chi connectivity index (χ1) is 18.6. The zero-order chi connectivity index (χ0) is 26.7. The maximum Gasteiger partial charge on any atom is 0.159 e. The molecule has 1 aromatic heterocycles. The van der Waals surface area contributed by atoms with Crippen LogP contribution in [-0.2, 0) is 0 Å². The summed E-state index contributed by atoms with van der Waals surface area (Å²) in [6, 6.07) is 12.4. The molecule has 0 unspecified atom stereocenters. The summed E-state index contributed by atoms with van der Waals surface area (Å²) < 4.78 is 27.9. The van der Waals surface area contributed by atoms with Gasteiger partial charge >= 0.3 is 0 Å². The topological polar surface area (TPSA) is 49.6 Å². The van der Waals surface area contributed by atoms with Crippen molar-refractivity contribution in [3.05, 3.63) is 71.6 Å². The predicted octanol–water partition coefficient (Wildman–Crippen LogP) is 9.77. The molecule has 0 N–H and O–H groups in total. The minimum atomic E-state index is -0.909. The van der Waals surface area contributed by atoms with E-state index in [1.807, 2.05) is 0 Å². The molecule has 0 aliphatic heterocycles. The number of benzene rings is 2. The van der Waals surface area contributed by atoms with Gasteiger partial charge in [-0.2, -0.15) is 5.26 Å². The summed E-state index contributed by atoms with van der Waals surface area (Å²) in [4.78, 5) is 8.62. The van der Waals surface area contributed by atoms with Crippen LogP contribution >= 0.6 is 0 Å². The lowest BCUT2D eigenvalue weighted by Gasteiger charge is -2.29. The molecule has 5 heteroatoms. The summed E-state index contributed by atoms with van der Waals surface area (Å²) in [6.07, 6.45) is 21.1. The molecule has 4 rings (SSSR count). The highest BCUT2D eigenvalue weighted by atomic mass is 19.1. The van der Waals surface area contributed by atoms with Gasteiger partial charge in [0.1, 0.15) is 23.3 Å². The van der Waals surface area contributed by atoms with Crippen molar-refractivity contribution < 1.29 is 8.78 Å². The Labute approximate surface area is 226 Å². The van der Waals surface area contributed by atoms with Crippen molar-refractivity contribution >= 4 is 0 Å². The van der Waals surface area contributed by atoms with Crippen LogP contribution in [0.1, 0.15) is 107 Å². The summed E-state index contributed by atoms with van der Waals surface area (Å²) in [5.41, 5.74) is 2.88. The van der Waals surface area contributed by atoms with E-state index in [-0.39, 0.29) is 11.4 Å². The van der Waals surface area contributed by atoms with E-state index in [1.165, 1.54) is 95.1 Å². The minimum absolute atomic E-state index is 0.207. The van der Waals surface area contributed by atoms with Gasteiger partial charge in [0, 0.05) is 23.5 Å². The van der Waals surface area contributed by atoms with Gasteiger partial charge in [0.05, 0.1) is 0 Å². The van der Waals surface area contributed by atoms with Crippen molar-refractivity contribution in [2.75, 3.05) is 0 Å². The van der Waals surface area contributed by atoms with E-state index in [0.717, 1.165) is 29.2 Å². The standard InChI is InChI=1S/C33H39F2N3/c1-2-3-4-5-6-7-8-9-10-24-11-13-25(14-12-24)26-15-17-27(18-16-26)29-22-37-33(38-23-29)28-19-31(34)30(21-36)32(35)20-28/h15-20,22-25H,2-14H2,1H3. The van der Waals surface area contributed by atoms with Crippen molar-refractivity contribution in [1.29, 1.82) is 5.26 Å². The Bertz CT molecular complexity index is 1170. The molecule has 1 saturated carbocycles. The fourth-order valence-corrected chi connectivity index (χ4v) is 5.73. The molecule has 1 heterocycles. The van der Waals surface area contributed by atoms with Crippen molar-refractivity contribution in [2.45, 2.75) is 96.3 Å². The van der Waals surface area contributed by atoms with E-state index < -0.39 is 17.2 Å². The van der Waals surface area contributed by atoms with Gasteiger partial charge in [-0.25, -0.2) is 18.7 Å². The highest BCUT2D eigenvalue weighted by Crippen LogP contribution is 2.38. The summed E-state index contributed by atoms with van der Waals surface area (Å²) in [5.74, 6) is -0.0599. The molecule has 1 fully saturated rings. The second kappa shape index (κ2) is 14.1. The van der Waals surface area contributed by atoms with Crippen molar-refractivity contribution in [1.82, 2.24) is 9.97 Å². The third-order valence-electron chi connectivity index (χ3n) is 8.09. The lowest BCUT2D eigenvalue weighted by Crippen LogP contribution is -2.13. The number of hydrogen-bond acceptors (Lipinski definition) is 3. The molecule has 1 aliphatic rings. The molecule has 3 nitrogen and oxygen atoms in total. The van der Waals surface area contributed by atoms with Gasteiger partial charge in [0.25, 0.3) is 0 Å². The van der Waals surface area contributed by atoms with Crippen LogP contribution in [0, 0.1) is 28.9 Å². The van der Waals surface area contributed by atoms with Crippen LogP contribution in [0.5, 0.6) is 0 Å². The van der Waals surface area contributed by atoms with Gasteiger partial charge in [-0.1, -0.05) is 89.0 Å². The van der Waals surface area contributed by atoms with E-state index in [4.69, 9.17) is 5.26 Å². The number of halogens is 2. The molecular formula is C33H39F2N3. The van der Waals surface area contributed by atoms with Gasteiger partial charge in [-0.15, -0.1) is 0 Å². The second-order valence-corrected chi connectivity index (χ2v) is 10.8. The Morgan fingerprint density at radius 1 is 0.763 bits per heavy atom. The van der Waals surface area contributed by atoms with Gasteiger partial charge < -0.3 is 0 Å². The number of unbranched alkanes of at least 4 members (excludes halogenated alkanes) is 7. The molecule has 2 aromatic carbocycles. The molecule has 0 radical (unpaired) electrons. The van der Waals surface area contributed by atoms with Crippen LogP contribution in [0.3, 0.4) is 0 Å². The first-order valence-corrected chi connectivity index (χ1v) is 14.4. The minimum Gasteiger partial charge on any atom is -0.236 e. The largest absolute Gasteiger partial charge is 0.236 e. The first-order valence-electron chi connectivity index (χ1n) is 14.4. The monoisotopic (exact) mass is 515 g/mol. The summed E-state index contributed by atoms with van der Waals surface area (Å²) in [6.45, 7) is 2.27. The Morgan fingerprint density at radius 3 is 1.92 bits per heavy atom. The average Bonchev–Trinajstić information content (AvgIpc) is 2.95. The Morgan fingerprint density at radius 2 is 1.34 bits per heavy atom. The van der Waals surface area contributed by atoms with Crippen molar-refractivity contribution in [2.24, 2.45) is 5.92 Å². The van der Waals surface area contributed by atoms with E-state index in [9.17, 15) is 8.78 Å². The number of nitrogens with zero attached hydrogens (tertiary/aromatic N) is 3. The number of hydrogen-bond donors (Lipinski definition) is 0. The smallest absolute Gasteiger partial charge is 0.159 e. The van der Waals surface area contributed by atoms with E-state index in [1.54, 1.807) is 12.4 Å². The zero-order valence-electron chi connectivity index (χ0n) is 22.6. The summed E-state index contributed by atoms with van der Waals surface area (Å²) in [7, 11) is 0. The molecule has 0 atom stereocenters. The van der Waals surface area contributed by atoms with Crippen LogP contribution in [0.2, 0.25) is 0 Å². The normalized spacial score (nSPS) is 17.3. The van der Waals surface area contributed by atoms with Gasteiger partial charge in [-0.3, -0.25) is 0 Å². The molecule has 0 bridgehead atoms. The van der Waals surface area contributed by atoms with Crippen LogP contribution in [0.25, 0.3) is 22.5 Å². The summed E-state index contributed by atoms with van der Waals surface area (Å²) >= 11 is 0. The van der Waals surface area contributed by atoms with Crippen molar-refractivity contribution in [3.8, 4) is 28.6 Å². The highest BCUT2D eigenvalue weighted by molar-refractivity contribution is 5.64. The Balaban J connectivity index is 1.24. The molecule has 0 spiro atoms. The maximum absolute atomic E-state index is 14.0. The quantitative estimate of drug-likeness (QED) is 0.226. The third-order valence-corrected chi connectivity index (χ3v) is 8.09. The Hall–Kier alpha value is -3.13. The molecule has 3 aromatic rings. The Kier molecular flexibility index (Phi) is 10.4. The maximum atomic E-state index is 14.0. The van der Waals surface area contributed by atoms with Gasteiger partial charge in [-0.05, 0) is 60.8 Å². The van der Waals surface area contributed by atoms with Crippen LogP contribution < -0.4 is 0 Å². The lowest BCUT2D eigenvalue weighted by molar-refractivity contribution is 0.302. The van der Waals surface area contributed by atoms with E-state index in [2.05, 4.69) is 41.2 Å². The van der Waals surface area contributed by atoms with E-state index in [0.29, 0.717) is 5.92 Å². The fraction of sp³-hybridized carbons (Fsp3) is 0.485. The second-order valence-electron chi connectivity index (χ2n) is 10.8.